The van der Waals surface area contributed by atoms with Crippen LogP contribution in [0.5, 0.6) is 0 Å². The maximum atomic E-state index is 11.6. The number of carbonyl (C=O) groups excluding carboxylic acids is 1. The van der Waals surface area contributed by atoms with Crippen molar-refractivity contribution in [2.24, 2.45) is 11.7 Å². The molecule has 2 heterocycles. The second-order valence-corrected chi connectivity index (χ2v) is 7.52. The van der Waals surface area contributed by atoms with Gasteiger partial charge in [-0.25, -0.2) is 4.68 Å². The van der Waals surface area contributed by atoms with E-state index in [1.165, 1.54) is 5.56 Å². The number of amides is 1. The average molecular weight is 390 g/mol. The summed E-state index contributed by atoms with van der Waals surface area (Å²) in [6.07, 6.45) is 2.40. The lowest BCUT2D eigenvalue weighted by Crippen LogP contribution is -2.41. The molecule has 0 unspecified atom stereocenters. The van der Waals surface area contributed by atoms with E-state index in [0.717, 1.165) is 43.7 Å². The molecule has 7 heteroatoms. The summed E-state index contributed by atoms with van der Waals surface area (Å²) in [7, 11) is 0. The van der Waals surface area contributed by atoms with Crippen molar-refractivity contribution in [1.82, 2.24) is 25.1 Å². The van der Waals surface area contributed by atoms with Crippen LogP contribution in [0.1, 0.15) is 35.8 Å². The van der Waals surface area contributed by atoms with Crippen LogP contribution in [0.4, 0.5) is 0 Å². The minimum atomic E-state index is -0.200. The van der Waals surface area contributed by atoms with E-state index in [-0.39, 0.29) is 17.9 Å². The van der Waals surface area contributed by atoms with Gasteiger partial charge < -0.3 is 5.73 Å². The summed E-state index contributed by atoms with van der Waals surface area (Å²) >= 11 is 0. The van der Waals surface area contributed by atoms with Crippen molar-refractivity contribution in [3.63, 3.8) is 0 Å². The van der Waals surface area contributed by atoms with Crippen LogP contribution >= 0.6 is 0 Å². The number of hydrogen-bond acceptors (Lipinski definition) is 5. The van der Waals surface area contributed by atoms with Gasteiger partial charge in [-0.05, 0) is 53.9 Å². The van der Waals surface area contributed by atoms with Crippen LogP contribution in [0.15, 0.2) is 60.7 Å². The molecular formula is C22H26N6O. The van der Waals surface area contributed by atoms with Crippen molar-refractivity contribution in [2.75, 3.05) is 13.1 Å². The highest BCUT2D eigenvalue weighted by Gasteiger charge is 2.32. The Balaban J connectivity index is 1.58. The van der Waals surface area contributed by atoms with Crippen LogP contribution in [-0.4, -0.2) is 44.1 Å². The number of rotatable bonds is 7. The van der Waals surface area contributed by atoms with Gasteiger partial charge in [-0.1, -0.05) is 60.7 Å². The Bertz CT molecular complexity index is 919. The molecule has 0 bridgehead atoms. The predicted octanol–water partition coefficient (Wildman–Crippen LogP) is 2.20. The number of tetrazole rings is 1. The molecule has 1 aromatic heterocycles. The number of aromatic nitrogens is 4. The van der Waals surface area contributed by atoms with Crippen LogP contribution in [0.3, 0.4) is 0 Å². The largest absolute Gasteiger partial charge is 0.369 e. The molecule has 1 saturated heterocycles. The molecule has 1 aliphatic heterocycles. The number of primary amides is 1. The van der Waals surface area contributed by atoms with Gasteiger partial charge in [-0.3, -0.25) is 9.69 Å². The molecule has 2 N–H and O–H groups in total. The molecule has 0 radical (unpaired) electrons. The smallest absolute Gasteiger partial charge is 0.220 e. The van der Waals surface area contributed by atoms with Crippen molar-refractivity contribution in [2.45, 2.75) is 31.8 Å². The molecule has 7 nitrogen and oxygen atoms in total. The zero-order valence-electron chi connectivity index (χ0n) is 16.4. The van der Waals surface area contributed by atoms with Crippen LogP contribution in [0, 0.1) is 5.92 Å². The fourth-order valence-electron chi connectivity index (χ4n) is 4.05. The minimum absolute atomic E-state index is 0.0447. The first-order chi connectivity index (χ1) is 14.2. The van der Waals surface area contributed by atoms with E-state index in [2.05, 4.69) is 44.7 Å². The summed E-state index contributed by atoms with van der Waals surface area (Å²) in [5.74, 6) is 0.593. The number of nitrogens with zero attached hydrogens (tertiary/aromatic N) is 5. The van der Waals surface area contributed by atoms with E-state index >= 15 is 0 Å². The zero-order chi connectivity index (χ0) is 20.1. The first kappa shape index (κ1) is 19.3. The monoisotopic (exact) mass is 390 g/mol. The topological polar surface area (TPSA) is 89.9 Å². The van der Waals surface area contributed by atoms with E-state index in [4.69, 9.17) is 5.73 Å². The maximum absolute atomic E-state index is 11.6. The third-order valence-electron chi connectivity index (χ3n) is 5.67. The molecule has 1 fully saturated rings. The number of aryl methyl sites for hydroxylation is 2. The fraction of sp³-hybridized carbons (Fsp3) is 0.364. The lowest BCUT2D eigenvalue weighted by Gasteiger charge is -2.36. The number of piperidine rings is 1. The highest BCUT2D eigenvalue weighted by molar-refractivity contribution is 5.76. The number of nitrogens with two attached hydrogens (primary N) is 1. The lowest BCUT2D eigenvalue weighted by atomic mass is 9.93. The van der Waals surface area contributed by atoms with E-state index in [0.29, 0.717) is 6.54 Å². The van der Waals surface area contributed by atoms with Gasteiger partial charge in [0.1, 0.15) is 0 Å². The van der Waals surface area contributed by atoms with Gasteiger partial charge in [-0.15, -0.1) is 5.10 Å². The Kier molecular flexibility index (Phi) is 5.95. The molecule has 0 saturated carbocycles. The summed E-state index contributed by atoms with van der Waals surface area (Å²) in [5, 5.41) is 12.7. The van der Waals surface area contributed by atoms with E-state index < -0.39 is 0 Å². The van der Waals surface area contributed by atoms with Gasteiger partial charge in [0.25, 0.3) is 0 Å². The Morgan fingerprint density at radius 2 is 1.69 bits per heavy atom. The van der Waals surface area contributed by atoms with E-state index in [1.54, 1.807) is 0 Å². The van der Waals surface area contributed by atoms with Crippen molar-refractivity contribution in [3.05, 3.63) is 77.6 Å². The normalized spacial score (nSPS) is 16.6. The quantitative estimate of drug-likeness (QED) is 0.668. The van der Waals surface area contributed by atoms with E-state index in [9.17, 15) is 4.79 Å². The van der Waals surface area contributed by atoms with Gasteiger partial charge in [0.2, 0.25) is 5.91 Å². The first-order valence-electron chi connectivity index (χ1n) is 10.1. The first-order valence-corrected chi connectivity index (χ1v) is 10.1. The Morgan fingerprint density at radius 3 is 2.34 bits per heavy atom. The Labute approximate surface area is 170 Å². The molecule has 4 rings (SSSR count). The van der Waals surface area contributed by atoms with Gasteiger partial charge >= 0.3 is 0 Å². The summed E-state index contributed by atoms with van der Waals surface area (Å²) in [6, 6.07) is 20.6. The SMILES string of the molecule is NC(=O)C1CCN([C@H](c2ccccc2)c2nnnn2CCc2ccccc2)CC1. The van der Waals surface area contributed by atoms with Crippen LogP contribution < -0.4 is 5.73 Å². The highest BCUT2D eigenvalue weighted by atomic mass is 16.1. The van der Waals surface area contributed by atoms with Crippen molar-refractivity contribution in [1.29, 1.82) is 0 Å². The van der Waals surface area contributed by atoms with Gasteiger partial charge in [0.15, 0.2) is 5.82 Å². The van der Waals surface area contributed by atoms with Crippen molar-refractivity contribution >= 4 is 5.91 Å². The highest BCUT2D eigenvalue weighted by Crippen LogP contribution is 2.31. The summed E-state index contributed by atoms with van der Waals surface area (Å²) in [6.45, 7) is 2.30. The number of likely N-dealkylation sites (tertiary alicyclic amines) is 1. The fourth-order valence-corrected chi connectivity index (χ4v) is 4.05. The summed E-state index contributed by atoms with van der Waals surface area (Å²) in [4.78, 5) is 13.9. The molecule has 0 spiro atoms. The molecule has 3 aromatic rings. The third kappa shape index (κ3) is 4.51. The molecule has 1 aliphatic rings. The number of benzene rings is 2. The molecule has 1 amide bonds. The number of carbonyl (C=O) groups is 1. The summed E-state index contributed by atoms with van der Waals surface area (Å²) in [5.41, 5.74) is 7.93. The zero-order valence-corrected chi connectivity index (χ0v) is 16.4. The average Bonchev–Trinajstić information content (AvgIpc) is 3.22. The van der Waals surface area contributed by atoms with Crippen molar-refractivity contribution in [3.8, 4) is 0 Å². The molecule has 29 heavy (non-hydrogen) atoms. The Morgan fingerprint density at radius 1 is 1.03 bits per heavy atom. The third-order valence-corrected chi connectivity index (χ3v) is 5.67. The van der Waals surface area contributed by atoms with Crippen LogP contribution in [0.25, 0.3) is 0 Å². The minimum Gasteiger partial charge on any atom is -0.369 e. The van der Waals surface area contributed by atoms with Gasteiger partial charge in [0, 0.05) is 12.5 Å². The van der Waals surface area contributed by atoms with Gasteiger partial charge in [0.05, 0.1) is 6.04 Å². The second-order valence-electron chi connectivity index (χ2n) is 7.52. The molecular weight excluding hydrogens is 364 g/mol. The van der Waals surface area contributed by atoms with Crippen LogP contribution in [-0.2, 0) is 17.8 Å². The molecule has 0 aliphatic carbocycles. The van der Waals surface area contributed by atoms with Crippen LogP contribution in [0.2, 0.25) is 0 Å². The Hall–Kier alpha value is -3.06. The predicted molar refractivity (Wildman–Crippen MR) is 110 cm³/mol. The maximum Gasteiger partial charge on any atom is 0.220 e. The molecule has 150 valence electrons. The second kappa shape index (κ2) is 8.96. The standard InChI is InChI=1S/C22H26N6O/c23-21(29)19-12-14-27(15-13-19)20(18-9-5-2-6-10-18)22-24-25-26-28(22)16-11-17-7-3-1-4-8-17/h1-10,19-20H,11-16H2,(H2,23,29)/t20-/m1/s1. The molecule has 2 aromatic carbocycles. The van der Waals surface area contributed by atoms with E-state index in [1.807, 2.05) is 41.1 Å². The summed E-state index contributed by atoms with van der Waals surface area (Å²) < 4.78 is 1.91. The van der Waals surface area contributed by atoms with Crippen molar-refractivity contribution < 1.29 is 4.79 Å². The lowest BCUT2D eigenvalue weighted by molar-refractivity contribution is -0.123. The molecule has 1 atom stereocenters. The number of hydrogen-bond donors (Lipinski definition) is 1. The van der Waals surface area contributed by atoms with Gasteiger partial charge in [-0.2, -0.15) is 0 Å².